The highest BCUT2D eigenvalue weighted by atomic mass is 19.4. The van der Waals surface area contributed by atoms with Crippen molar-refractivity contribution in [3.63, 3.8) is 0 Å². The van der Waals surface area contributed by atoms with Gasteiger partial charge in [-0.05, 0) is 48.9 Å². The van der Waals surface area contributed by atoms with E-state index in [-0.39, 0.29) is 29.6 Å². The summed E-state index contributed by atoms with van der Waals surface area (Å²) in [5, 5.41) is 12.9. The molecular weight excluding hydrogens is 549 g/mol. The zero-order chi connectivity index (χ0) is 29.7. The number of aromatic carboxylic acids is 1. The van der Waals surface area contributed by atoms with E-state index in [1.54, 1.807) is 13.0 Å². The average molecular weight is 573 g/mol. The van der Waals surface area contributed by atoms with E-state index >= 15 is 0 Å². The second-order valence-electron chi connectivity index (χ2n) is 8.68. The van der Waals surface area contributed by atoms with E-state index in [0.29, 0.717) is 61.2 Å². The summed E-state index contributed by atoms with van der Waals surface area (Å²) in [6.07, 6.45) is -8.30. The first kappa shape index (κ1) is 30.8. The van der Waals surface area contributed by atoms with Gasteiger partial charge in [-0.15, -0.1) is 6.54 Å². The summed E-state index contributed by atoms with van der Waals surface area (Å²) in [5.74, 6) is -1.03. The predicted octanol–water partition coefficient (Wildman–Crippen LogP) is 6.35. The molecule has 216 valence electrons. The molecule has 3 aromatic rings. The quantitative estimate of drug-likeness (QED) is 0.358. The smallest absolute Gasteiger partial charge is 0.416 e. The highest BCUT2D eigenvalue weighted by molar-refractivity contribution is 5.95. The molecule has 14 heteroatoms. The van der Waals surface area contributed by atoms with Crippen molar-refractivity contribution in [2.75, 3.05) is 38.3 Å². The molecule has 0 saturated carbocycles. The van der Waals surface area contributed by atoms with Crippen molar-refractivity contribution >= 4 is 11.9 Å². The van der Waals surface area contributed by atoms with E-state index in [1.807, 2.05) is 4.90 Å². The first-order valence-electron chi connectivity index (χ1n) is 11.7. The summed E-state index contributed by atoms with van der Waals surface area (Å²) in [6, 6.07) is 5.63. The Morgan fingerprint density at radius 3 is 2.12 bits per heavy atom. The predicted molar refractivity (Wildman–Crippen MR) is 132 cm³/mol. The maximum Gasteiger partial charge on any atom is 0.416 e. The van der Waals surface area contributed by atoms with Crippen molar-refractivity contribution in [2.45, 2.75) is 25.8 Å². The summed E-state index contributed by atoms with van der Waals surface area (Å²) in [6.45, 7) is 3.99. The van der Waals surface area contributed by atoms with Crippen molar-refractivity contribution in [2.24, 2.45) is 0 Å². The summed E-state index contributed by atoms with van der Waals surface area (Å²) in [5.41, 5.74) is -1.24. The number of carboxylic acid groups (broad SMARTS) is 1. The molecule has 1 fully saturated rings. The van der Waals surface area contributed by atoms with Crippen LogP contribution in [0.3, 0.4) is 0 Å². The van der Waals surface area contributed by atoms with Gasteiger partial charge in [-0.2, -0.15) is 33.4 Å². The molecule has 1 N–H and O–H groups in total. The SMILES string of the molecule is C[N-]Cc1cc(C(F)(F)F)cc(C(F)(F)F)c1.Cc1cc(F)ccc1-c1nc(N2CCOCC2)ncc1C(=O)O. The molecule has 0 unspecified atom stereocenters. The van der Waals surface area contributed by atoms with Crippen molar-refractivity contribution in [1.82, 2.24) is 9.97 Å². The minimum atomic E-state index is -4.80. The Labute approximate surface area is 224 Å². The van der Waals surface area contributed by atoms with Gasteiger partial charge in [0, 0.05) is 24.8 Å². The number of aromatic nitrogens is 2. The number of ether oxygens (including phenoxy) is 1. The molecule has 1 aromatic heterocycles. The third-order valence-corrected chi connectivity index (χ3v) is 5.73. The third-order valence-electron chi connectivity index (χ3n) is 5.73. The number of carbonyl (C=O) groups is 1. The van der Waals surface area contributed by atoms with Gasteiger partial charge in [-0.25, -0.2) is 19.2 Å². The molecule has 40 heavy (non-hydrogen) atoms. The average Bonchev–Trinajstić information content (AvgIpc) is 2.88. The number of halogens is 7. The normalized spacial score (nSPS) is 14.0. The van der Waals surface area contributed by atoms with Gasteiger partial charge in [0.2, 0.25) is 5.95 Å². The maximum atomic E-state index is 13.3. The standard InChI is InChI=1S/C16H16FN3O3.C10H8F6N/c1-10-8-11(17)2-3-12(10)14-13(15(21)22)9-18-16(19-14)20-4-6-23-7-5-20;1-17-5-6-2-7(9(11,12)13)4-8(3-6)10(14,15)16/h2-3,8-9H,4-7H2,1H3,(H,21,22);2-4H,5H2,1H3/q;-1. The Morgan fingerprint density at radius 1 is 1.02 bits per heavy atom. The number of rotatable bonds is 5. The molecule has 7 nitrogen and oxygen atoms in total. The van der Waals surface area contributed by atoms with Gasteiger partial charge in [-0.1, -0.05) is 5.56 Å². The first-order valence-corrected chi connectivity index (χ1v) is 11.7. The van der Waals surface area contributed by atoms with Gasteiger partial charge in [-0.3, -0.25) is 0 Å². The maximum absolute atomic E-state index is 13.3. The summed E-state index contributed by atoms with van der Waals surface area (Å²) >= 11 is 0. The number of nitrogens with zero attached hydrogens (tertiary/aromatic N) is 4. The van der Waals surface area contributed by atoms with Gasteiger partial charge < -0.3 is 20.1 Å². The number of morpholine rings is 1. The van der Waals surface area contributed by atoms with Gasteiger partial charge in [0.1, 0.15) is 11.4 Å². The molecular formula is C26H24F7N4O3-. The fourth-order valence-corrected chi connectivity index (χ4v) is 3.84. The lowest BCUT2D eigenvalue weighted by Crippen LogP contribution is -2.37. The van der Waals surface area contributed by atoms with Crippen molar-refractivity contribution < 1.29 is 45.4 Å². The third kappa shape index (κ3) is 7.88. The minimum absolute atomic E-state index is 0.00304. The lowest BCUT2D eigenvalue weighted by Gasteiger charge is -2.27. The van der Waals surface area contributed by atoms with E-state index in [2.05, 4.69) is 15.3 Å². The molecule has 2 heterocycles. The van der Waals surface area contributed by atoms with E-state index in [4.69, 9.17) is 4.74 Å². The summed E-state index contributed by atoms with van der Waals surface area (Å²) in [7, 11) is 1.31. The van der Waals surface area contributed by atoms with Crippen LogP contribution in [-0.4, -0.2) is 54.4 Å². The van der Waals surface area contributed by atoms with Gasteiger partial charge >= 0.3 is 18.3 Å². The number of anilines is 1. The number of hydrogen-bond donors (Lipinski definition) is 1. The Hall–Kier alpha value is -3.78. The van der Waals surface area contributed by atoms with Crippen LogP contribution in [0.1, 0.15) is 32.6 Å². The first-order chi connectivity index (χ1) is 18.7. The largest absolute Gasteiger partial charge is 0.661 e. The molecule has 0 atom stereocenters. The van der Waals surface area contributed by atoms with Crippen LogP contribution in [0.4, 0.5) is 36.7 Å². The monoisotopic (exact) mass is 573 g/mol. The molecule has 0 bridgehead atoms. The Morgan fingerprint density at radius 2 is 1.62 bits per heavy atom. The van der Waals surface area contributed by atoms with Crippen LogP contribution < -0.4 is 4.90 Å². The molecule has 0 amide bonds. The van der Waals surface area contributed by atoms with E-state index in [9.17, 15) is 40.6 Å². The van der Waals surface area contributed by atoms with E-state index in [0.717, 1.165) is 0 Å². The number of hydrogen-bond acceptors (Lipinski definition) is 5. The molecule has 1 aliphatic rings. The van der Waals surface area contributed by atoms with E-state index in [1.165, 1.54) is 25.4 Å². The molecule has 1 saturated heterocycles. The lowest BCUT2D eigenvalue weighted by atomic mass is 10.0. The molecule has 0 aliphatic carbocycles. The highest BCUT2D eigenvalue weighted by Gasteiger charge is 2.36. The zero-order valence-electron chi connectivity index (χ0n) is 21.3. The Bertz CT molecular complexity index is 1310. The van der Waals surface area contributed by atoms with E-state index < -0.39 is 29.4 Å². The second kappa shape index (κ2) is 12.6. The van der Waals surface area contributed by atoms with Crippen LogP contribution in [0.2, 0.25) is 0 Å². The van der Waals surface area contributed by atoms with Gasteiger partial charge in [0.05, 0.1) is 30.0 Å². The minimum Gasteiger partial charge on any atom is -0.661 e. The van der Waals surface area contributed by atoms with Crippen LogP contribution in [-0.2, 0) is 23.6 Å². The van der Waals surface area contributed by atoms with Gasteiger partial charge in [0.25, 0.3) is 0 Å². The van der Waals surface area contributed by atoms with Crippen molar-refractivity contribution in [3.8, 4) is 11.3 Å². The highest BCUT2D eigenvalue weighted by Crippen LogP contribution is 2.36. The van der Waals surface area contributed by atoms with Crippen molar-refractivity contribution in [1.29, 1.82) is 0 Å². The zero-order valence-corrected chi connectivity index (χ0v) is 21.3. The molecule has 4 rings (SSSR count). The van der Waals surface area contributed by atoms with Crippen LogP contribution >= 0.6 is 0 Å². The number of benzene rings is 2. The Kier molecular flexibility index (Phi) is 9.69. The van der Waals surface area contributed by atoms with Gasteiger partial charge in [0.15, 0.2) is 0 Å². The summed E-state index contributed by atoms with van der Waals surface area (Å²) < 4.78 is 92.9. The van der Waals surface area contributed by atoms with Crippen LogP contribution in [0, 0.1) is 12.7 Å². The Balaban J connectivity index is 0.000000232. The van der Waals surface area contributed by atoms with Crippen LogP contribution in [0.15, 0.2) is 42.6 Å². The fraction of sp³-hybridized carbons (Fsp3) is 0.346. The molecule has 0 spiro atoms. The number of alkyl halides is 6. The van der Waals surface area contributed by atoms with Crippen LogP contribution in [0.25, 0.3) is 16.6 Å². The molecule has 1 aliphatic heterocycles. The van der Waals surface area contributed by atoms with Crippen LogP contribution in [0.5, 0.6) is 0 Å². The second-order valence-corrected chi connectivity index (χ2v) is 8.68. The number of aryl methyl sites for hydroxylation is 1. The van der Waals surface area contributed by atoms with Crippen molar-refractivity contribution in [3.05, 3.63) is 81.5 Å². The topological polar surface area (TPSA) is 89.7 Å². The lowest BCUT2D eigenvalue weighted by molar-refractivity contribution is -0.143. The molecule has 2 aromatic carbocycles. The summed E-state index contributed by atoms with van der Waals surface area (Å²) in [4.78, 5) is 22.0. The molecule has 0 radical (unpaired) electrons. The number of carboxylic acids is 1. The fourth-order valence-electron chi connectivity index (χ4n) is 3.84.